The van der Waals surface area contributed by atoms with Gasteiger partial charge in [0.2, 0.25) is 0 Å². The van der Waals surface area contributed by atoms with E-state index in [9.17, 15) is 4.79 Å². The van der Waals surface area contributed by atoms with E-state index in [1.165, 1.54) is 22.7 Å². The molecule has 22 heavy (non-hydrogen) atoms. The van der Waals surface area contributed by atoms with Gasteiger partial charge < -0.3 is 10.2 Å². The third kappa shape index (κ3) is 3.81. The van der Waals surface area contributed by atoms with Crippen LogP contribution in [0.4, 0.5) is 0 Å². The molecule has 0 aliphatic carbocycles. The Morgan fingerprint density at radius 3 is 2.86 bits per heavy atom. The van der Waals surface area contributed by atoms with E-state index in [-0.39, 0.29) is 18.3 Å². The summed E-state index contributed by atoms with van der Waals surface area (Å²) in [6, 6.07) is 3.82. The number of aryl methyl sites for hydroxylation is 1. The number of aromatic nitrogens is 1. The van der Waals surface area contributed by atoms with Crippen molar-refractivity contribution in [1.29, 1.82) is 0 Å². The molecule has 2 aromatic heterocycles. The first-order valence-electron chi connectivity index (χ1n) is 6.88. The molecule has 0 radical (unpaired) electrons. The first-order valence-corrected chi connectivity index (χ1v) is 8.89. The SMILES string of the molecule is Cc1nc(-c2ccc(Cl)s2)sc1C(=O)N1CCCNCC1.Cl. The minimum Gasteiger partial charge on any atom is -0.337 e. The Hall–Kier alpha value is -0.660. The lowest BCUT2D eigenvalue weighted by atomic mass is 10.3. The highest BCUT2D eigenvalue weighted by atomic mass is 35.5. The van der Waals surface area contributed by atoms with Gasteiger partial charge in [-0.15, -0.1) is 35.1 Å². The van der Waals surface area contributed by atoms with Crippen molar-refractivity contribution in [2.24, 2.45) is 0 Å². The van der Waals surface area contributed by atoms with Crippen molar-refractivity contribution < 1.29 is 4.79 Å². The molecular formula is C14H17Cl2N3OS2. The number of thiophene rings is 1. The monoisotopic (exact) mass is 377 g/mol. The van der Waals surface area contributed by atoms with E-state index in [1.54, 1.807) is 0 Å². The molecule has 3 rings (SSSR count). The van der Waals surface area contributed by atoms with Crippen molar-refractivity contribution in [3.05, 3.63) is 27.0 Å². The Kier molecular flexibility index (Phi) is 6.23. The number of carbonyl (C=O) groups is 1. The first-order chi connectivity index (χ1) is 10.1. The van der Waals surface area contributed by atoms with Crippen LogP contribution in [0.25, 0.3) is 9.88 Å². The fourth-order valence-corrected chi connectivity index (χ4v) is 4.45. The normalized spacial score (nSPS) is 15.3. The Bertz CT molecular complexity index is 648. The molecule has 2 aromatic rings. The molecule has 0 aromatic carbocycles. The third-order valence-electron chi connectivity index (χ3n) is 3.40. The predicted octanol–water partition coefficient (Wildman–Crippen LogP) is 3.69. The standard InChI is InChI=1S/C14H16ClN3OS2.ClH/c1-9-12(14(19)18-7-2-5-16-6-8-18)21-13(17-9)10-3-4-11(15)20-10;/h3-4,16H,2,5-8H2,1H3;1H. The molecule has 3 heterocycles. The van der Waals surface area contributed by atoms with E-state index < -0.39 is 0 Å². The molecule has 0 unspecified atom stereocenters. The molecule has 0 atom stereocenters. The number of hydrogen-bond donors (Lipinski definition) is 1. The van der Waals surface area contributed by atoms with Crippen LogP contribution in [0.5, 0.6) is 0 Å². The maximum Gasteiger partial charge on any atom is 0.265 e. The molecular weight excluding hydrogens is 361 g/mol. The number of rotatable bonds is 2. The van der Waals surface area contributed by atoms with Gasteiger partial charge in [0.15, 0.2) is 0 Å². The van der Waals surface area contributed by atoms with E-state index >= 15 is 0 Å². The van der Waals surface area contributed by atoms with Crippen LogP contribution < -0.4 is 5.32 Å². The molecule has 0 saturated carbocycles. The van der Waals surface area contributed by atoms with Gasteiger partial charge in [-0.2, -0.15) is 0 Å². The molecule has 0 bridgehead atoms. The fourth-order valence-electron chi connectivity index (χ4n) is 2.32. The first kappa shape index (κ1) is 17.7. The molecule has 120 valence electrons. The highest BCUT2D eigenvalue weighted by Crippen LogP contribution is 2.35. The number of nitrogens with zero attached hydrogens (tertiary/aromatic N) is 2. The summed E-state index contributed by atoms with van der Waals surface area (Å²) in [5.74, 6) is 0.0996. The lowest BCUT2D eigenvalue weighted by Crippen LogP contribution is -2.34. The fraction of sp³-hybridized carbons (Fsp3) is 0.429. The Balaban J connectivity index is 0.00000176. The van der Waals surface area contributed by atoms with Gasteiger partial charge in [0.05, 0.1) is 14.9 Å². The second kappa shape index (κ2) is 7.75. The minimum atomic E-state index is 0. The van der Waals surface area contributed by atoms with Crippen molar-refractivity contribution in [3.8, 4) is 9.88 Å². The highest BCUT2D eigenvalue weighted by molar-refractivity contribution is 7.24. The third-order valence-corrected chi connectivity index (χ3v) is 5.95. The van der Waals surface area contributed by atoms with Crippen LogP contribution >= 0.6 is 46.7 Å². The number of nitrogens with one attached hydrogen (secondary N) is 1. The zero-order valence-corrected chi connectivity index (χ0v) is 15.3. The second-order valence-corrected chi connectivity index (χ2v) is 7.65. The number of halogens is 2. The van der Waals surface area contributed by atoms with Gasteiger partial charge in [0.1, 0.15) is 9.88 Å². The molecule has 1 saturated heterocycles. The van der Waals surface area contributed by atoms with Crippen LogP contribution in [0, 0.1) is 6.92 Å². The zero-order valence-electron chi connectivity index (χ0n) is 12.1. The van der Waals surface area contributed by atoms with Crippen molar-refractivity contribution in [2.45, 2.75) is 13.3 Å². The molecule has 0 spiro atoms. The second-order valence-electron chi connectivity index (χ2n) is 4.93. The largest absolute Gasteiger partial charge is 0.337 e. The minimum absolute atomic E-state index is 0. The van der Waals surface area contributed by atoms with Crippen molar-refractivity contribution in [1.82, 2.24) is 15.2 Å². The van der Waals surface area contributed by atoms with Crippen molar-refractivity contribution in [3.63, 3.8) is 0 Å². The zero-order chi connectivity index (χ0) is 14.8. The molecule has 1 aliphatic heterocycles. The number of amides is 1. The number of carbonyl (C=O) groups excluding carboxylic acids is 1. The average Bonchev–Trinajstić information content (AvgIpc) is 2.95. The Morgan fingerprint density at radius 2 is 2.14 bits per heavy atom. The van der Waals surface area contributed by atoms with Crippen molar-refractivity contribution in [2.75, 3.05) is 26.2 Å². The summed E-state index contributed by atoms with van der Waals surface area (Å²) in [6.45, 7) is 5.31. The van der Waals surface area contributed by atoms with Gasteiger partial charge in [0, 0.05) is 19.6 Å². The van der Waals surface area contributed by atoms with Gasteiger partial charge in [0.25, 0.3) is 5.91 Å². The lowest BCUT2D eigenvalue weighted by molar-refractivity contribution is 0.0770. The maximum absolute atomic E-state index is 12.7. The van der Waals surface area contributed by atoms with Gasteiger partial charge >= 0.3 is 0 Å². The van der Waals surface area contributed by atoms with E-state index in [0.717, 1.165) is 57.4 Å². The van der Waals surface area contributed by atoms with Gasteiger partial charge in [-0.05, 0) is 32.0 Å². The van der Waals surface area contributed by atoms with Crippen LogP contribution in [-0.4, -0.2) is 42.0 Å². The molecule has 1 amide bonds. The van der Waals surface area contributed by atoms with Crippen LogP contribution in [0.3, 0.4) is 0 Å². The molecule has 1 fully saturated rings. The van der Waals surface area contributed by atoms with Gasteiger partial charge in [-0.3, -0.25) is 4.79 Å². The summed E-state index contributed by atoms with van der Waals surface area (Å²) >= 11 is 8.93. The summed E-state index contributed by atoms with van der Waals surface area (Å²) in [6.07, 6.45) is 0.997. The summed E-state index contributed by atoms with van der Waals surface area (Å²) < 4.78 is 0.740. The number of thiazole rings is 1. The van der Waals surface area contributed by atoms with Gasteiger partial charge in [-0.1, -0.05) is 11.6 Å². The number of hydrogen-bond acceptors (Lipinski definition) is 5. The van der Waals surface area contributed by atoms with E-state index in [4.69, 9.17) is 11.6 Å². The van der Waals surface area contributed by atoms with E-state index in [1.807, 2.05) is 24.0 Å². The van der Waals surface area contributed by atoms with Crippen LogP contribution in [-0.2, 0) is 0 Å². The smallest absolute Gasteiger partial charge is 0.265 e. The Morgan fingerprint density at radius 1 is 1.32 bits per heavy atom. The molecule has 8 heteroatoms. The summed E-state index contributed by atoms with van der Waals surface area (Å²) in [7, 11) is 0. The van der Waals surface area contributed by atoms with Crippen molar-refractivity contribution >= 4 is 52.6 Å². The van der Waals surface area contributed by atoms with Gasteiger partial charge in [-0.25, -0.2) is 4.98 Å². The van der Waals surface area contributed by atoms with E-state index in [2.05, 4.69) is 10.3 Å². The summed E-state index contributed by atoms with van der Waals surface area (Å²) in [5, 5.41) is 4.19. The maximum atomic E-state index is 12.7. The molecule has 1 N–H and O–H groups in total. The highest BCUT2D eigenvalue weighted by Gasteiger charge is 2.22. The summed E-state index contributed by atoms with van der Waals surface area (Å²) in [5.41, 5.74) is 0.807. The van der Waals surface area contributed by atoms with Crippen LogP contribution in [0.1, 0.15) is 21.8 Å². The predicted molar refractivity (Wildman–Crippen MR) is 95.8 cm³/mol. The van der Waals surface area contributed by atoms with Crippen LogP contribution in [0.2, 0.25) is 4.34 Å². The van der Waals surface area contributed by atoms with E-state index in [0.29, 0.717) is 0 Å². The van der Waals surface area contributed by atoms with Crippen LogP contribution in [0.15, 0.2) is 12.1 Å². The average molecular weight is 378 g/mol. The molecule has 1 aliphatic rings. The Labute approximate surface area is 148 Å². The molecule has 4 nitrogen and oxygen atoms in total. The lowest BCUT2D eigenvalue weighted by Gasteiger charge is -2.19. The summed E-state index contributed by atoms with van der Waals surface area (Å²) in [4.78, 5) is 20.9. The quantitative estimate of drug-likeness (QED) is 0.867. The topological polar surface area (TPSA) is 45.2 Å².